The standard InChI is InChI=1S/C10H5F3N2O3/c11-10(12,13)5-1-2-7-6(3-5)15-8(4-17-7)14-18-9(15)16/h1-3H,4H2. The van der Waals surface area contributed by atoms with Gasteiger partial charge in [0.2, 0.25) is 0 Å². The van der Waals surface area contributed by atoms with E-state index in [9.17, 15) is 18.0 Å². The number of hydrogen-bond donors (Lipinski definition) is 0. The number of hydrogen-bond acceptors (Lipinski definition) is 4. The summed E-state index contributed by atoms with van der Waals surface area (Å²) in [6.07, 6.45) is -4.49. The van der Waals surface area contributed by atoms with E-state index in [1.807, 2.05) is 0 Å². The van der Waals surface area contributed by atoms with Gasteiger partial charge in [-0.3, -0.25) is 4.52 Å². The van der Waals surface area contributed by atoms with E-state index in [0.717, 1.165) is 16.7 Å². The highest BCUT2D eigenvalue weighted by Crippen LogP contribution is 2.35. The summed E-state index contributed by atoms with van der Waals surface area (Å²) >= 11 is 0. The number of alkyl halides is 3. The molecule has 0 fully saturated rings. The van der Waals surface area contributed by atoms with Crippen LogP contribution in [0.25, 0.3) is 5.69 Å². The van der Waals surface area contributed by atoms with E-state index in [4.69, 9.17) is 4.74 Å². The normalized spacial score (nSPS) is 13.7. The van der Waals surface area contributed by atoms with Crippen LogP contribution in [0.3, 0.4) is 0 Å². The average Bonchev–Trinajstić information content (AvgIpc) is 2.69. The van der Waals surface area contributed by atoms with Crippen LogP contribution in [0.1, 0.15) is 11.4 Å². The van der Waals surface area contributed by atoms with E-state index < -0.39 is 17.5 Å². The molecule has 0 bridgehead atoms. The first-order chi connectivity index (χ1) is 8.47. The Balaban J connectivity index is 2.25. The molecular weight excluding hydrogens is 253 g/mol. The van der Waals surface area contributed by atoms with Crippen LogP contribution in [0.4, 0.5) is 13.2 Å². The molecule has 3 rings (SSSR count). The molecule has 8 heteroatoms. The second-order valence-electron chi connectivity index (χ2n) is 3.67. The first-order valence-corrected chi connectivity index (χ1v) is 4.89. The Hall–Kier alpha value is -2.25. The van der Waals surface area contributed by atoms with Gasteiger partial charge in [0.05, 0.1) is 11.3 Å². The number of aromatic nitrogens is 2. The largest absolute Gasteiger partial charge is 0.483 e. The zero-order chi connectivity index (χ0) is 12.9. The molecule has 1 aliphatic rings. The number of halogens is 3. The Bertz CT molecular complexity index is 672. The molecule has 0 atom stereocenters. The molecular formula is C10H5F3N2O3. The Morgan fingerprint density at radius 1 is 1.33 bits per heavy atom. The SMILES string of the molecule is O=c1onc2n1-c1cc(C(F)(F)F)ccc1OC2. The van der Waals surface area contributed by atoms with Crippen molar-refractivity contribution in [2.75, 3.05) is 0 Å². The molecule has 94 valence electrons. The average molecular weight is 258 g/mol. The summed E-state index contributed by atoms with van der Waals surface area (Å²) in [5.41, 5.74) is -0.886. The molecule has 1 aromatic heterocycles. The fraction of sp³-hybridized carbons (Fsp3) is 0.200. The molecule has 5 nitrogen and oxygen atoms in total. The van der Waals surface area contributed by atoms with Gasteiger partial charge in [-0.05, 0) is 18.2 Å². The fourth-order valence-corrected chi connectivity index (χ4v) is 1.74. The molecule has 18 heavy (non-hydrogen) atoms. The van der Waals surface area contributed by atoms with Crippen molar-refractivity contribution >= 4 is 0 Å². The van der Waals surface area contributed by atoms with Crippen LogP contribution in [0.15, 0.2) is 27.5 Å². The third-order valence-electron chi connectivity index (χ3n) is 2.55. The van der Waals surface area contributed by atoms with Crippen molar-refractivity contribution in [3.63, 3.8) is 0 Å². The van der Waals surface area contributed by atoms with E-state index in [0.29, 0.717) is 0 Å². The molecule has 2 aromatic rings. The van der Waals surface area contributed by atoms with Crippen LogP contribution in [0, 0.1) is 0 Å². The lowest BCUT2D eigenvalue weighted by atomic mass is 10.1. The highest BCUT2D eigenvalue weighted by Gasteiger charge is 2.33. The van der Waals surface area contributed by atoms with Crippen molar-refractivity contribution in [1.29, 1.82) is 0 Å². The molecule has 1 aliphatic heterocycles. The quantitative estimate of drug-likeness (QED) is 0.722. The topological polar surface area (TPSA) is 57.3 Å². The molecule has 0 saturated heterocycles. The van der Waals surface area contributed by atoms with E-state index in [1.165, 1.54) is 6.07 Å². The van der Waals surface area contributed by atoms with Gasteiger partial charge < -0.3 is 4.74 Å². The van der Waals surface area contributed by atoms with Gasteiger partial charge in [0, 0.05) is 0 Å². The monoisotopic (exact) mass is 258 g/mol. The highest BCUT2D eigenvalue weighted by atomic mass is 19.4. The van der Waals surface area contributed by atoms with E-state index >= 15 is 0 Å². The van der Waals surface area contributed by atoms with Gasteiger partial charge in [-0.25, -0.2) is 9.36 Å². The third kappa shape index (κ3) is 1.49. The number of ether oxygens (including phenoxy) is 1. The minimum absolute atomic E-state index is 0.0164. The Morgan fingerprint density at radius 2 is 2.11 bits per heavy atom. The molecule has 0 amide bonds. The van der Waals surface area contributed by atoms with E-state index in [-0.39, 0.29) is 23.9 Å². The van der Waals surface area contributed by atoms with Gasteiger partial charge in [0.1, 0.15) is 5.75 Å². The summed E-state index contributed by atoms with van der Waals surface area (Å²) in [5, 5.41) is 3.42. The molecule has 0 N–H and O–H groups in total. The van der Waals surface area contributed by atoms with Crippen LogP contribution in [0.5, 0.6) is 5.75 Å². The number of nitrogens with zero attached hydrogens (tertiary/aromatic N) is 2. The highest BCUT2D eigenvalue weighted by molar-refractivity contribution is 5.51. The maximum absolute atomic E-state index is 12.6. The molecule has 0 spiro atoms. The number of benzene rings is 1. The minimum atomic E-state index is -4.49. The molecule has 1 aromatic carbocycles. The van der Waals surface area contributed by atoms with Crippen LogP contribution in [0.2, 0.25) is 0 Å². The second-order valence-corrected chi connectivity index (χ2v) is 3.67. The molecule has 0 saturated carbocycles. The number of fused-ring (bicyclic) bond motifs is 3. The van der Waals surface area contributed by atoms with E-state index in [2.05, 4.69) is 9.68 Å². The molecule has 0 unspecified atom stereocenters. The summed E-state index contributed by atoms with van der Waals surface area (Å²) in [6.45, 7) is -0.0237. The maximum Gasteiger partial charge on any atom is 0.446 e. The predicted molar refractivity (Wildman–Crippen MR) is 51.4 cm³/mol. The van der Waals surface area contributed by atoms with Gasteiger partial charge in [-0.1, -0.05) is 5.16 Å². The minimum Gasteiger partial charge on any atom is -0.483 e. The third-order valence-corrected chi connectivity index (χ3v) is 2.55. The van der Waals surface area contributed by atoms with Gasteiger partial charge in [0.25, 0.3) is 0 Å². The summed E-state index contributed by atoms with van der Waals surface area (Å²) in [4.78, 5) is 11.4. The lowest BCUT2D eigenvalue weighted by Gasteiger charge is -2.18. The van der Waals surface area contributed by atoms with Crippen molar-refractivity contribution in [2.24, 2.45) is 0 Å². The van der Waals surface area contributed by atoms with Crippen LogP contribution < -0.4 is 10.5 Å². The number of rotatable bonds is 0. The summed E-state index contributed by atoms with van der Waals surface area (Å²) < 4.78 is 48.3. The van der Waals surface area contributed by atoms with Crippen molar-refractivity contribution < 1.29 is 22.4 Å². The first-order valence-electron chi connectivity index (χ1n) is 4.89. The lowest BCUT2D eigenvalue weighted by molar-refractivity contribution is -0.137. The second kappa shape index (κ2) is 3.37. The lowest BCUT2D eigenvalue weighted by Crippen LogP contribution is -2.22. The van der Waals surface area contributed by atoms with Crippen molar-refractivity contribution in [3.05, 3.63) is 40.1 Å². The van der Waals surface area contributed by atoms with Crippen molar-refractivity contribution in [1.82, 2.24) is 9.72 Å². The Kier molecular flexibility index (Phi) is 2.04. The summed E-state index contributed by atoms with van der Waals surface area (Å²) in [5.74, 6) is -0.526. The van der Waals surface area contributed by atoms with Crippen LogP contribution in [-0.2, 0) is 12.8 Å². The Morgan fingerprint density at radius 3 is 2.83 bits per heavy atom. The van der Waals surface area contributed by atoms with E-state index in [1.54, 1.807) is 0 Å². The first kappa shape index (κ1) is 10.9. The maximum atomic E-state index is 12.6. The molecule has 0 radical (unpaired) electrons. The van der Waals surface area contributed by atoms with Crippen LogP contribution in [-0.4, -0.2) is 9.72 Å². The molecule has 0 aliphatic carbocycles. The van der Waals surface area contributed by atoms with Gasteiger partial charge in [-0.2, -0.15) is 13.2 Å². The van der Waals surface area contributed by atoms with Gasteiger partial charge in [0.15, 0.2) is 12.4 Å². The van der Waals surface area contributed by atoms with Gasteiger partial charge in [-0.15, -0.1) is 0 Å². The van der Waals surface area contributed by atoms with Gasteiger partial charge >= 0.3 is 11.9 Å². The summed E-state index contributed by atoms with van der Waals surface area (Å²) in [6, 6.07) is 2.89. The fourth-order valence-electron chi connectivity index (χ4n) is 1.74. The predicted octanol–water partition coefficient (Wildman–Crippen LogP) is 1.74. The summed E-state index contributed by atoms with van der Waals surface area (Å²) in [7, 11) is 0. The Labute approximate surface area is 97.4 Å². The van der Waals surface area contributed by atoms with Crippen molar-refractivity contribution in [3.8, 4) is 11.4 Å². The smallest absolute Gasteiger partial charge is 0.446 e. The van der Waals surface area contributed by atoms with Crippen LogP contribution >= 0.6 is 0 Å². The van der Waals surface area contributed by atoms with Crippen molar-refractivity contribution in [2.45, 2.75) is 12.8 Å². The molecule has 2 heterocycles. The zero-order valence-electron chi connectivity index (χ0n) is 8.69. The zero-order valence-corrected chi connectivity index (χ0v) is 8.69.